The summed E-state index contributed by atoms with van der Waals surface area (Å²) in [5, 5.41) is 12.7. The molecule has 1 spiro atoms. The van der Waals surface area contributed by atoms with Crippen molar-refractivity contribution in [3.05, 3.63) is 52.7 Å². The van der Waals surface area contributed by atoms with Gasteiger partial charge < -0.3 is 20.1 Å². The Kier molecular flexibility index (Phi) is 6.40. The van der Waals surface area contributed by atoms with Crippen LogP contribution in [0.25, 0.3) is 0 Å². The maximum Gasteiger partial charge on any atom is 0.434 e. The Labute approximate surface area is 231 Å². The standard InChI is InChI=1S/C30H34F3N3O4/c1-17-3-5-23-22(13-17)28(7-9-40-10-8-28)16-36(23)24-6-4-21(25(34-24)30(31,32)33)26(37)35-29(27(38)39)15-19-11-18(2)12-20(29)14-19/h3-6,13,18-20H,7-12,14-16H2,1-2H3,(H,35,37)(H,38,39). The van der Waals surface area contributed by atoms with E-state index in [9.17, 15) is 27.9 Å². The molecule has 1 saturated heterocycles. The quantitative estimate of drug-likeness (QED) is 0.507. The van der Waals surface area contributed by atoms with Gasteiger partial charge in [-0.1, -0.05) is 24.6 Å². The first-order valence-corrected chi connectivity index (χ1v) is 14.0. The largest absolute Gasteiger partial charge is 0.479 e. The molecule has 1 aromatic carbocycles. The van der Waals surface area contributed by atoms with Gasteiger partial charge in [-0.25, -0.2) is 9.78 Å². The third kappa shape index (κ3) is 4.35. The van der Waals surface area contributed by atoms with E-state index in [1.807, 2.05) is 26.0 Å². The van der Waals surface area contributed by atoms with E-state index in [1.165, 1.54) is 6.07 Å². The predicted molar refractivity (Wildman–Crippen MR) is 142 cm³/mol. The minimum Gasteiger partial charge on any atom is -0.479 e. The van der Waals surface area contributed by atoms with Crippen LogP contribution >= 0.6 is 0 Å². The first kappa shape index (κ1) is 27.1. The lowest BCUT2D eigenvalue weighted by atomic mass is 9.75. The van der Waals surface area contributed by atoms with Crippen molar-refractivity contribution in [3.63, 3.8) is 0 Å². The van der Waals surface area contributed by atoms with Gasteiger partial charge in [-0.15, -0.1) is 0 Å². The Morgan fingerprint density at radius 2 is 1.88 bits per heavy atom. The fourth-order valence-corrected chi connectivity index (χ4v) is 7.85. The highest BCUT2D eigenvalue weighted by atomic mass is 19.4. The number of alkyl halides is 3. The van der Waals surface area contributed by atoms with Crippen LogP contribution in [0.1, 0.15) is 72.6 Å². The zero-order chi connectivity index (χ0) is 28.4. The molecule has 2 aromatic rings. The molecule has 4 unspecified atom stereocenters. The molecular formula is C30H34F3N3O4. The monoisotopic (exact) mass is 557 g/mol. The van der Waals surface area contributed by atoms with Crippen LogP contribution in [0.15, 0.2) is 30.3 Å². The minimum atomic E-state index is -4.91. The second-order valence-corrected chi connectivity index (χ2v) is 12.4. The van der Waals surface area contributed by atoms with Gasteiger partial charge >= 0.3 is 12.1 Å². The highest BCUT2D eigenvalue weighted by molar-refractivity contribution is 5.99. The molecule has 4 atom stereocenters. The van der Waals surface area contributed by atoms with E-state index in [2.05, 4.69) is 16.4 Å². The molecule has 2 aliphatic carbocycles. The van der Waals surface area contributed by atoms with Crippen molar-refractivity contribution in [2.75, 3.05) is 24.7 Å². The van der Waals surface area contributed by atoms with Gasteiger partial charge in [-0.3, -0.25) is 4.79 Å². The molecule has 2 N–H and O–H groups in total. The number of rotatable bonds is 4. The molecule has 2 bridgehead atoms. The van der Waals surface area contributed by atoms with Crippen molar-refractivity contribution in [2.45, 2.75) is 69.5 Å². The molecule has 4 aliphatic rings. The summed E-state index contributed by atoms with van der Waals surface area (Å²) >= 11 is 0. The molecule has 1 aromatic heterocycles. The van der Waals surface area contributed by atoms with Crippen LogP contribution in [-0.2, 0) is 21.1 Å². The lowest BCUT2D eigenvalue weighted by Crippen LogP contribution is -2.57. The number of hydrogen-bond acceptors (Lipinski definition) is 5. The van der Waals surface area contributed by atoms with Crippen LogP contribution in [0, 0.1) is 24.7 Å². The molecule has 3 heterocycles. The van der Waals surface area contributed by atoms with E-state index in [0.717, 1.165) is 42.1 Å². The zero-order valence-electron chi connectivity index (χ0n) is 22.7. The summed E-state index contributed by atoms with van der Waals surface area (Å²) in [7, 11) is 0. The number of aliphatic carboxylic acids is 1. The number of pyridine rings is 1. The number of halogens is 3. The summed E-state index contributed by atoms with van der Waals surface area (Å²) in [6.45, 7) is 5.66. The van der Waals surface area contributed by atoms with Crippen LogP contribution in [-0.4, -0.2) is 47.3 Å². The number of nitrogens with zero attached hydrogens (tertiary/aromatic N) is 2. The average Bonchev–Trinajstić information content (AvgIpc) is 3.34. The maximum atomic E-state index is 14.4. The number of carboxylic acids is 1. The topological polar surface area (TPSA) is 91.8 Å². The number of carbonyl (C=O) groups excluding carboxylic acids is 1. The lowest BCUT2D eigenvalue weighted by Gasteiger charge is -2.34. The average molecular weight is 558 g/mol. The van der Waals surface area contributed by atoms with Crippen LogP contribution in [0.3, 0.4) is 0 Å². The number of carboxylic acid groups (broad SMARTS) is 1. The maximum absolute atomic E-state index is 14.4. The molecule has 0 radical (unpaired) electrons. The Hall–Kier alpha value is -3.14. The highest BCUT2D eigenvalue weighted by Gasteiger charge is 2.56. The summed E-state index contributed by atoms with van der Waals surface area (Å²) in [6, 6.07) is 8.52. The number of nitrogens with one attached hydrogen (secondary N) is 1. The molecule has 2 saturated carbocycles. The molecule has 3 fully saturated rings. The van der Waals surface area contributed by atoms with Gasteiger partial charge in [0.2, 0.25) is 0 Å². The molecular weight excluding hydrogens is 523 g/mol. The van der Waals surface area contributed by atoms with Crippen LogP contribution in [0.2, 0.25) is 0 Å². The summed E-state index contributed by atoms with van der Waals surface area (Å²) in [4.78, 5) is 31.7. The number of amides is 1. The minimum absolute atomic E-state index is 0.107. The van der Waals surface area contributed by atoms with Crippen molar-refractivity contribution in [3.8, 4) is 0 Å². The third-order valence-corrected chi connectivity index (χ3v) is 9.66. The molecule has 214 valence electrons. The number of aromatic nitrogens is 1. The van der Waals surface area contributed by atoms with E-state index < -0.39 is 34.8 Å². The van der Waals surface area contributed by atoms with Gasteiger partial charge in [0.15, 0.2) is 5.69 Å². The smallest absolute Gasteiger partial charge is 0.434 e. The van der Waals surface area contributed by atoms with Crippen molar-refractivity contribution in [1.29, 1.82) is 0 Å². The van der Waals surface area contributed by atoms with Gasteiger partial charge in [-0.05, 0) is 87.0 Å². The Morgan fingerprint density at radius 3 is 2.58 bits per heavy atom. The Bertz CT molecular complexity index is 1360. The fraction of sp³-hybridized carbons (Fsp3) is 0.567. The summed E-state index contributed by atoms with van der Waals surface area (Å²) < 4.78 is 48.8. The van der Waals surface area contributed by atoms with Gasteiger partial charge in [-0.2, -0.15) is 13.2 Å². The SMILES string of the molecule is Cc1ccc2c(c1)C1(CCOCC1)CN2c1ccc(C(=O)NC2(C(=O)O)CC3CC(C)CC2C3)c(C(F)(F)F)n1. The predicted octanol–water partition coefficient (Wildman–Crippen LogP) is 5.62. The van der Waals surface area contributed by atoms with E-state index in [0.29, 0.717) is 38.5 Å². The highest BCUT2D eigenvalue weighted by Crippen LogP contribution is 2.52. The van der Waals surface area contributed by atoms with Crippen LogP contribution in [0.4, 0.5) is 24.7 Å². The zero-order valence-corrected chi connectivity index (χ0v) is 22.7. The van der Waals surface area contributed by atoms with Crippen molar-refractivity contribution >= 4 is 23.4 Å². The van der Waals surface area contributed by atoms with Crippen molar-refractivity contribution in [1.82, 2.24) is 10.3 Å². The number of benzene rings is 1. The van der Waals surface area contributed by atoms with Gasteiger partial charge in [0.1, 0.15) is 11.4 Å². The molecule has 2 aliphatic heterocycles. The van der Waals surface area contributed by atoms with Gasteiger partial charge in [0.25, 0.3) is 5.91 Å². The normalized spacial score (nSPS) is 28.9. The molecule has 6 rings (SSSR count). The summed E-state index contributed by atoms with van der Waals surface area (Å²) in [5.74, 6) is -2.01. The second kappa shape index (κ2) is 9.46. The fourth-order valence-electron chi connectivity index (χ4n) is 7.85. The first-order chi connectivity index (χ1) is 18.9. The third-order valence-electron chi connectivity index (χ3n) is 9.66. The van der Waals surface area contributed by atoms with Gasteiger partial charge in [0, 0.05) is 30.9 Å². The summed E-state index contributed by atoms with van der Waals surface area (Å²) in [6.07, 6.45) is -1.05. The molecule has 10 heteroatoms. The molecule has 7 nitrogen and oxygen atoms in total. The number of ether oxygens (including phenoxy) is 1. The number of fused-ring (bicyclic) bond motifs is 4. The van der Waals surface area contributed by atoms with E-state index >= 15 is 0 Å². The van der Waals surface area contributed by atoms with E-state index in [4.69, 9.17) is 4.74 Å². The van der Waals surface area contributed by atoms with Crippen molar-refractivity contribution in [2.24, 2.45) is 17.8 Å². The first-order valence-electron chi connectivity index (χ1n) is 14.0. The Balaban J connectivity index is 1.36. The number of carbonyl (C=O) groups is 2. The molecule has 40 heavy (non-hydrogen) atoms. The van der Waals surface area contributed by atoms with Crippen LogP contribution in [0.5, 0.6) is 0 Å². The number of hydrogen-bond donors (Lipinski definition) is 2. The van der Waals surface area contributed by atoms with E-state index in [1.54, 1.807) is 4.90 Å². The van der Waals surface area contributed by atoms with Gasteiger partial charge in [0.05, 0.1) is 5.56 Å². The van der Waals surface area contributed by atoms with E-state index in [-0.39, 0.29) is 29.5 Å². The van der Waals surface area contributed by atoms with Crippen molar-refractivity contribution < 1.29 is 32.6 Å². The van der Waals surface area contributed by atoms with Crippen LogP contribution < -0.4 is 10.2 Å². The number of aryl methyl sites for hydroxylation is 1. The number of anilines is 2. The Morgan fingerprint density at radius 1 is 1.12 bits per heavy atom. The summed E-state index contributed by atoms with van der Waals surface area (Å²) in [5.41, 5.74) is -0.827. The lowest BCUT2D eigenvalue weighted by molar-refractivity contribution is -0.146. The second-order valence-electron chi connectivity index (χ2n) is 12.4. The molecule has 1 amide bonds.